The van der Waals surface area contributed by atoms with E-state index < -0.39 is 0 Å². The molecule has 0 saturated carbocycles. The molecule has 2 aromatic heterocycles. The summed E-state index contributed by atoms with van der Waals surface area (Å²) in [6.07, 6.45) is 0. The van der Waals surface area contributed by atoms with Crippen molar-refractivity contribution in [1.29, 1.82) is 0 Å². The van der Waals surface area contributed by atoms with Crippen molar-refractivity contribution in [2.24, 2.45) is 0 Å². The molecule has 0 fully saturated rings. The number of para-hydroxylation sites is 1. The van der Waals surface area contributed by atoms with Crippen LogP contribution in [0.2, 0.25) is 0 Å². The van der Waals surface area contributed by atoms with Gasteiger partial charge in [0.05, 0.1) is 4.88 Å². The van der Waals surface area contributed by atoms with Crippen LogP contribution in [0.3, 0.4) is 0 Å². The zero-order valence-electron chi connectivity index (χ0n) is 8.83. The summed E-state index contributed by atoms with van der Waals surface area (Å²) < 4.78 is 5.51. The van der Waals surface area contributed by atoms with Gasteiger partial charge in [0, 0.05) is 5.69 Å². The molecule has 0 atom stereocenters. The van der Waals surface area contributed by atoms with E-state index in [0.717, 1.165) is 10.6 Å². The van der Waals surface area contributed by atoms with Crippen molar-refractivity contribution in [2.45, 2.75) is 0 Å². The van der Waals surface area contributed by atoms with E-state index in [2.05, 4.69) is 15.5 Å². The highest BCUT2D eigenvalue weighted by molar-refractivity contribution is 7.13. The molecule has 0 aliphatic rings. The number of hydrogen-bond acceptors (Lipinski definition) is 5. The van der Waals surface area contributed by atoms with E-state index in [1.165, 1.54) is 0 Å². The van der Waals surface area contributed by atoms with Gasteiger partial charge in [-0.15, -0.1) is 16.4 Å². The lowest BCUT2D eigenvalue weighted by Gasteiger charge is -1.98. The van der Waals surface area contributed by atoms with Crippen LogP contribution < -0.4 is 5.32 Å². The van der Waals surface area contributed by atoms with Gasteiger partial charge in [-0.1, -0.05) is 29.4 Å². The summed E-state index contributed by atoms with van der Waals surface area (Å²) in [6, 6.07) is 14.0. The van der Waals surface area contributed by atoms with Crippen molar-refractivity contribution in [3.05, 3.63) is 47.8 Å². The minimum Gasteiger partial charge on any atom is -0.402 e. The average molecular weight is 243 g/mol. The number of aromatic nitrogens is 2. The molecular formula is C12H9N3OS. The number of hydrogen-bond donors (Lipinski definition) is 1. The van der Waals surface area contributed by atoms with Crippen LogP contribution in [-0.4, -0.2) is 10.2 Å². The second-order valence-electron chi connectivity index (χ2n) is 3.38. The molecule has 1 N–H and O–H groups in total. The fraction of sp³-hybridized carbons (Fsp3) is 0. The number of thiophene rings is 1. The van der Waals surface area contributed by atoms with Crippen molar-refractivity contribution in [2.75, 3.05) is 5.32 Å². The first-order valence-corrected chi connectivity index (χ1v) is 5.99. The van der Waals surface area contributed by atoms with Gasteiger partial charge in [0.1, 0.15) is 0 Å². The Hall–Kier alpha value is -2.14. The summed E-state index contributed by atoms with van der Waals surface area (Å²) >= 11 is 1.57. The third-order valence-electron chi connectivity index (χ3n) is 2.18. The van der Waals surface area contributed by atoms with E-state index in [1.54, 1.807) is 11.3 Å². The number of anilines is 2. The normalized spacial score (nSPS) is 10.4. The highest BCUT2D eigenvalue weighted by atomic mass is 32.1. The van der Waals surface area contributed by atoms with Crippen LogP contribution in [0.4, 0.5) is 11.7 Å². The third-order valence-corrected chi connectivity index (χ3v) is 3.04. The van der Waals surface area contributed by atoms with Crippen LogP contribution in [0.5, 0.6) is 0 Å². The quantitative estimate of drug-likeness (QED) is 0.764. The van der Waals surface area contributed by atoms with Gasteiger partial charge < -0.3 is 9.73 Å². The van der Waals surface area contributed by atoms with Gasteiger partial charge in [0.25, 0.3) is 5.89 Å². The van der Waals surface area contributed by atoms with Crippen LogP contribution in [0.15, 0.2) is 52.3 Å². The summed E-state index contributed by atoms with van der Waals surface area (Å²) in [7, 11) is 0. The highest BCUT2D eigenvalue weighted by Crippen LogP contribution is 2.25. The molecule has 2 heterocycles. The molecule has 3 rings (SSSR count). The number of nitrogens with one attached hydrogen (secondary N) is 1. The second-order valence-corrected chi connectivity index (χ2v) is 4.33. The molecule has 0 amide bonds. The largest absolute Gasteiger partial charge is 0.402 e. The van der Waals surface area contributed by atoms with Gasteiger partial charge in [-0.3, -0.25) is 0 Å². The van der Waals surface area contributed by atoms with Crippen molar-refractivity contribution in [3.63, 3.8) is 0 Å². The minimum atomic E-state index is 0.402. The average Bonchev–Trinajstić information content (AvgIpc) is 3.00. The van der Waals surface area contributed by atoms with Gasteiger partial charge in [-0.25, -0.2) is 0 Å². The fourth-order valence-corrected chi connectivity index (χ4v) is 2.06. The van der Waals surface area contributed by atoms with Crippen molar-refractivity contribution in [1.82, 2.24) is 10.2 Å². The molecule has 0 unspecified atom stereocenters. The summed E-state index contributed by atoms with van der Waals surface area (Å²) in [5.41, 5.74) is 0.925. The minimum absolute atomic E-state index is 0.402. The third kappa shape index (κ3) is 2.19. The standard InChI is InChI=1S/C12H9N3OS/c1-2-5-9(6-3-1)13-12-15-14-11(16-12)10-7-4-8-17-10/h1-8H,(H,13,15). The zero-order valence-corrected chi connectivity index (χ0v) is 9.65. The first-order chi connectivity index (χ1) is 8.42. The summed E-state index contributed by atoms with van der Waals surface area (Å²) in [5, 5.41) is 13.0. The van der Waals surface area contributed by atoms with E-state index >= 15 is 0 Å². The molecule has 0 saturated heterocycles. The summed E-state index contributed by atoms with van der Waals surface area (Å²) in [6.45, 7) is 0. The highest BCUT2D eigenvalue weighted by Gasteiger charge is 2.08. The maximum Gasteiger partial charge on any atom is 0.320 e. The van der Waals surface area contributed by atoms with E-state index in [-0.39, 0.29) is 0 Å². The van der Waals surface area contributed by atoms with Crippen LogP contribution in [-0.2, 0) is 0 Å². The Morgan fingerprint density at radius 3 is 2.65 bits per heavy atom. The lowest BCUT2D eigenvalue weighted by Crippen LogP contribution is -1.88. The Kier molecular flexibility index (Phi) is 2.59. The van der Waals surface area contributed by atoms with Gasteiger partial charge in [-0.05, 0) is 23.6 Å². The second kappa shape index (κ2) is 4.39. The topological polar surface area (TPSA) is 51.0 Å². The van der Waals surface area contributed by atoms with Crippen LogP contribution in [0, 0.1) is 0 Å². The van der Waals surface area contributed by atoms with Crippen LogP contribution >= 0.6 is 11.3 Å². The molecular weight excluding hydrogens is 234 g/mol. The Morgan fingerprint density at radius 1 is 1.00 bits per heavy atom. The maximum absolute atomic E-state index is 5.51. The van der Waals surface area contributed by atoms with Crippen LogP contribution in [0.1, 0.15) is 0 Å². The van der Waals surface area contributed by atoms with Gasteiger partial charge in [0.2, 0.25) is 0 Å². The van der Waals surface area contributed by atoms with E-state index in [4.69, 9.17) is 4.42 Å². The Labute approximate surface area is 102 Å². The molecule has 5 heteroatoms. The van der Waals surface area contributed by atoms with Crippen molar-refractivity contribution >= 4 is 23.0 Å². The predicted octanol–water partition coefficient (Wildman–Crippen LogP) is 3.54. The van der Waals surface area contributed by atoms with Crippen molar-refractivity contribution in [3.8, 4) is 10.8 Å². The lowest BCUT2D eigenvalue weighted by molar-refractivity contribution is 0.589. The molecule has 17 heavy (non-hydrogen) atoms. The number of nitrogens with zero attached hydrogens (tertiary/aromatic N) is 2. The summed E-state index contributed by atoms with van der Waals surface area (Å²) in [4.78, 5) is 0.971. The van der Waals surface area contributed by atoms with E-state index in [1.807, 2.05) is 47.8 Å². The molecule has 84 valence electrons. The molecule has 0 radical (unpaired) electrons. The van der Waals surface area contributed by atoms with Gasteiger partial charge >= 0.3 is 6.01 Å². The smallest absolute Gasteiger partial charge is 0.320 e. The zero-order chi connectivity index (χ0) is 11.5. The maximum atomic E-state index is 5.51. The predicted molar refractivity (Wildman–Crippen MR) is 67.3 cm³/mol. The molecule has 0 spiro atoms. The van der Waals surface area contributed by atoms with E-state index in [9.17, 15) is 0 Å². The molecule has 0 aliphatic carbocycles. The van der Waals surface area contributed by atoms with Gasteiger partial charge in [0.15, 0.2) is 0 Å². The Morgan fingerprint density at radius 2 is 1.88 bits per heavy atom. The van der Waals surface area contributed by atoms with E-state index in [0.29, 0.717) is 11.9 Å². The molecule has 4 nitrogen and oxygen atoms in total. The SMILES string of the molecule is c1ccc(Nc2nnc(-c3cccs3)o2)cc1. The fourth-order valence-electron chi connectivity index (χ4n) is 1.42. The molecule has 3 aromatic rings. The summed E-state index contributed by atoms with van der Waals surface area (Å²) in [5.74, 6) is 0.540. The first kappa shape index (κ1) is 10.0. The first-order valence-electron chi connectivity index (χ1n) is 5.11. The molecule has 1 aromatic carbocycles. The van der Waals surface area contributed by atoms with Crippen LogP contribution in [0.25, 0.3) is 10.8 Å². The van der Waals surface area contributed by atoms with Gasteiger partial charge in [-0.2, -0.15) is 0 Å². The number of benzene rings is 1. The molecule has 0 bridgehead atoms. The lowest BCUT2D eigenvalue weighted by atomic mass is 10.3. The Bertz CT molecular complexity index is 589. The Balaban J connectivity index is 1.82. The monoisotopic (exact) mass is 243 g/mol. The van der Waals surface area contributed by atoms with Crippen molar-refractivity contribution < 1.29 is 4.42 Å². The number of rotatable bonds is 3. The molecule has 0 aliphatic heterocycles.